The number of piperidine rings is 1. The molecule has 1 aliphatic rings. The molecule has 0 radical (unpaired) electrons. The molecule has 1 aliphatic heterocycles. The van der Waals surface area contributed by atoms with Gasteiger partial charge in [0.15, 0.2) is 11.9 Å². The van der Waals surface area contributed by atoms with Crippen molar-refractivity contribution in [2.45, 2.75) is 12.8 Å². The molecule has 0 spiro atoms. The molecule has 0 bridgehead atoms. The van der Waals surface area contributed by atoms with E-state index in [-0.39, 0.29) is 23.2 Å². The highest BCUT2D eigenvalue weighted by Gasteiger charge is 2.28. The number of nitrogens with zero attached hydrogens (tertiary/aromatic N) is 3. The number of carbonyl (C=O) groups is 1. The lowest BCUT2D eigenvalue weighted by Crippen LogP contribution is -2.40. The Morgan fingerprint density at radius 2 is 2.11 bits per heavy atom. The molecular formula is C11H14N4O4. The molecule has 8 heteroatoms. The second-order valence-electron chi connectivity index (χ2n) is 4.50. The van der Waals surface area contributed by atoms with Gasteiger partial charge in [-0.25, -0.2) is 0 Å². The summed E-state index contributed by atoms with van der Waals surface area (Å²) < 4.78 is 0.530. The summed E-state index contributed by atoms with van der Waals surface area (Å²) in [5.74, 6) is -0.542. The highest BCUT2D eigenvalue weighted by molar-refractivity contribution is 5.77. The average molecular weight is 266 g/mol. The fourth-order valence-corrected chi connectivity index (χ4v) is 2.26. The zero-order valence-corrected chi connectivity index (χ0v) is 10.2. The first kappa shape index (κ1) is 13.1. The van der Waals surface area contributed by atoms with E-state index in [2.05, 4.69) is 0 Å². The topological polar surface area (TPSA) is 116 Å². The molecule has 0 saturated carbocycles. The van der Waals surface area contributed by atoms with Gasteiger partial charge in [0.1, 0.15) is 0 Å². The zero-order valence-electron chi connectivity index (χ0n) is 10.2. The molecule has 1 aromatic rings. The zero-order chi connectivity index (χ0) is 14.0. The van der Waals surface area contributed by atoms with Gasteiger partial charge in [-0.15, -0.1) is 0 Å². The van der Waals surface area contributed by atoms with Gasteiger partial charge in [0.05, 0.1) is 11.0 Å². The number of amides is 1. The Kier molecular flexibility index (Phi) is 3.50. The third kappa shape index (κ3) is 2.72. The van der Waals surface area contributed by atoms with Crippen LogP contribution in [-0.2, 0) is 4.79 Å². The fourth-order valence-electron chi connectivity index (χ4n) is 2.26. The van der Waals surface area contributed by atoms with E-state index in [1.54, 1.807) is 4.90 Å². The second-order valence-corrected chi connectivity index (χ2v) is 4.50. The summed E-state index contributed by atoms with van der Waals surface area (Å²) in [6, 6.07) is 1.18. The number of primary amides is 1. The lowest BCUT2D eigenvalue weighted by Gasteiger charge is -2.31. The molecule has 0 aliphatic carbocycles. The van der Waals surface area contributed by atoms with E-state index in [0.29, 0.717) is 30.7 Å². The third-order valence-electron chi connectivity index (χ3n) is 3.33. The van der Waals surface area contributed by atoms with E-state index in [0.717, 1.165) is 6.20 Å². The maximum Gasteiger partial charge on any atom is 0.304 e. The van der Waals surface area contributed by atoms with Crippen molar-refractivity contribution in [3.05, 3.63) is 33.8 Å². The Bertz CT molecular complexity index is 511. The number of nitrogens with two attached hydrogens (primary N) is 1. The number of hydrogen-bond donors (Lipinski definition) is 1. The van der Waals surface area contributed by atoms with Gasteiger partial charge in [-0.1, -0.05) is 0 Å². The number of anilines is 1. The van der Waals surface area contributed by atoms with Crippen molar-refractivity contribution in [3.8, 4) is 0 Å². The van der Waals surface area contributed by atoms with Crippen molar-refractivity contribution in [1.29, 1.82) is 0 Å². The molecule has 0 aromatic carbocycles. The minimum Gasteiger partial charge on any atom is -0.619 e. The van der Waals surface area contributed by atoms with Crippen LogP contribution in [0.4, 0.5) is 11.4 Å². The molecule has 1 amide bonds. The molecule has 2 heterocycles. The van der Waals surface area contributed by atoms with Crippen LogP contribution >= 0.6 is 0 Å². The third-order valence-corrected chi connectivity index (χ3v) is 3.33. The van der Waals surface area contributed by atoms with Gasteiger partial charge in [0.2, 0.25) is 12.1 Å². The standard InChI is InChI=1S/C11H14N4O4/c12-11(16)8-1-4-13(5-2-8)10-7-14(17)6-3-9(10)15(18)19/h3,6-8H,1-2,4-5H2,(H2,12,16). The summed E-state index contributed by atoms with van der Waals surface area (Å²) in [6.45, 7) is 0.941. The Hall–Kier alpha value is -2.38. The Morgan fingerprint density at radius 1 is 1.47 bits per heavy atom. The van der Waals surface area contributed by atoms with E-state index < -0.39 is 4.92 Å². The van der Waals surface area contributed by atoms with Crippen molar-refractivity contribution in [2.24, 2.45) is 11.7 Å². The molecule has 0 unspecified atom stereocenters. The van der Waals surface area contributed by atoms with Crippen LogP contribution in [0, 0.1) is 21.2 Å². The van der Waals surface area contributed by atoms with Gasteiger partial charge in [-0.3, -0.25) is 14.9 Å². The van der Waals surface area contributed by atoms with Crippen LogP contribution in [-0.4, -0.2) is 23.9 Å². The molecule has 1 saturated heterocycles. The van der Waals surface area contributed by atoms with Crippen molar-refractivity contribution < 1.29 is 14.4 Å². The number of rotatable bonds is 3. The number of carbonyl (C=O) groups excluding carboxylic acids is 1. The lowest BCUT2D eigenvalue weighted by atomic mass is 9.96. The summed E-state index contributed by atoms with van der Waals surface area (Å²) in [7, 11) is 0. The van der Waals surface area contributed by atoms with Crippen molar-refractivity contribution in [2.75, 3.05) is 18.0 Å². The van der Waals surface area contributed by atoms with Crippen LogP contribution in [0.25, 0.3) is 0 Å². The predicted octanol–water partition coefficient (Wildman–Crippen LogP) is -0.0701. The van der Waals surface area contributed by atoms with Gasteiger partial charge in [-0.05, 0) is 12.8 Å². The maximum atomic E-state index is 11.3. The minimum atomic E-state index is -0.518. The highest BCUT2D eigenvalue weighted by atomic mass is 16.6. The second kappa shape index (κ2) is 5.09. The van der Waals surface area contributed by atoms with Crippen LogP contribution < -0.4 is 15.4 Å². The van der Waals surface area contributed by atoms with E-state index in [1.165, 1.54) is 12.3 Å². The van der Waals surface area contributed by atoms with Crippen molar-refractivity contribution >= 4 is 17.3 Å². The molecule has 8 nitrogen and oxygen atoms in total. The normalized spacial score (nSPS) is 16.3. The number of nitro groups is 1. The van der Waals surface area contributed by atoms with Crippen LogP contribution in [0.5, 0.6) is 0 Å². The summed E-state index contributed by atoms with van der Waals surface area (Å²) in [4.78, 5) is 23.2. The SMILES string of the molecule is NC(=O)C1CCN(c2c[n+]([O-])ccc2[N+](=O)[O-])CC1. The summed E-state index contributed by atoms with van der Waals surface area (Å²) in [5, 5.41) is 22.2. The van der Waals surface area contributed by atoms with Crippen LogP contribution in [0.3, 0.4) is 0 Å². The quantitative estimate of drug-likeness (QED) is 0.355. The van der Waals surface area contributed by atoms with E-state index >= 15 is 0 Å². The molecule has 2 N–H and O–H groups in total. The van der Waals surface area contributed by atoms with Gasteiger partial charge in [0, 0.05) is 19.0 Å². The molecule has 0 atom stereocenters. The lowest BCUT2D eigenvalue weighted by molar-refractivity contribution is -0.605. The number of pyridine rings is 1. The van der Waals surface area contributed by atoms with Gasteiger partial charge in [-0.2, -0.15) is 4.73 Å². The molecule has 2 rings (SSSR count). The number of hydrogen-bond acceptors (Lipinski definition) is 5. The molecule has 102 valence electrons. The smallest absolute Gasteiger partial charge is 0.304 e. The monoisotopic (exact) mass is 266 g/mol. The number of aromatic nitrogens is 1. The van der Waals surface area contributed by atoms with E-state index in [1.807, 2.05) is 0 Å². The molecule has 19 heavy (non-hydrogen) atoms. The summed E-state index contributed by atoms with van der Waals surface area (Å²) >= 11 is 0. The molecule has 1 aromatic heterocycles. The van der Waals surface area contributed by atoms with Gasteiger partial charge < -0.3 is 15.8 Å². The van der Waals surface area contributed by atoms with E-state index in [9.17, 15) is 20.1 Å². The van der Waals surface area contributed by atoms with Crippen LogP contribution in [0.2, 0.25) is 0 Å². The first-order chi connectivity index (χ1) is 8.99. The minimum absolute atomic E-state index is 0.107. The van der Waals surface area contributed by atoms with E-state index in [4.69, 9.17) is 5.73 Å². The van der Waals surface area contributed by atoms with Crippen molar-refractivity contribution in [3.63, 3.8) is 0 Å². The average Bonchev–Trinajstić information content (AvgIpc) is 2.38. The van der Waals surface area contributed by atoms with Crippen LogP contribution in [0.15, 0.2) is 18.5 Å². The van der Waals surface area contributed by atoms with Gasteiger partial charge >= 0.3 is 5.69 Å². The highest BCUT2D eigenvalue weighted by Crippen LogP contribution is 2.29. The molecular weight excluding hydrogens is 252 g/mol. The Balaban J connectivity index is 2.21. The maximum absolute atomic E-state index is 11.3. The largest absolute Gasteiger partial charge is 0.619 e. The Labute approximate surface area is 109 Å². The fraction of sp³-hybridized carbons (Fsp3) is 0.455. The first-order valence-electron chi connectivity index (χ1n) is 5.90. The first-order valence-corrected chi connectivity index (χ1v) is 5.90. The molecule has 1 fully saturated rings. The Morgan fingerprint density at radius 3 is 2.63 bits per heavy atom. The summed E-state index contributed by atoms with van der Waals surface area (Å²) in [5.41, 5.74) is 5.41. The van der Waals surface area contributed by atoms with Crippen LogP contribution in [0.1, 0.15) is 12.8 Å². The predicted molar refractivity (Wildman–Crippen MR) is 66.2 cm³/mol. The van der Waals surface area contributed by atoms with Crippen molar-refractivity contribution in [1.82, 2.24) is 0 Å². The summed E-state index contributed by atoms with van der Waals surface area (Å²) in [6.07, 6.45) is 3.36. The van der Waals surface area contributed by atoms with Gasteiger partial charge in [0.25, 0.3) is 0 Å².